The predicted molar refractivity (Wildman–Crippen MR) is 58.3 cm³/mol. The molecular weight excluding hydrogens is 247 g/mol. The highest BCUT2D eigenvalue weighted by molar-refractivity contribution is 5.85. The molecule has 0 N–H and O–H groups in total. The third-order valence-electron chi connectivity index (χ3n) is 2.84. The number of hydrogen-bond acceptors (Lipinski definition) is 3. The van der Waals surface area contributed by atoms with Crippen LogP contribution < -0.4 is 24.8 Å². The van der Waals surface area contributed by atoms with E-state index in [0.29, 0.717) is 5.78 Å². The molecule has 5 heteroatoms. The quantitative estimate of drug-likeness (QED) is 0.509. The normalized spacial score (nSPS) is 24.5. The number of carbonyl (C=O) groups is 1. The summed E-state index contributed by atoms with van der Waals surface area (Å²) in [4.78, 5) is 16.1. The fourth-order valence-corrected chi connectivity index (χ4v) is 2.26. The van der Waals surface area contributed by atoms with E-state index in [4.69, 9.17) is 0 Å². The maximum atomic E-state index is 11.9. The van der Waals surface area contributed by atoms with Crippen molar-refractivity contribution in [2.45, 2.75) is 12.8 Å². The molecule has 0 radical (unpaired) electrons. The topological polar surface area (TPSA) is 23.6 Å². The summed E-state index contributed by atoms with van der Waals surface area (Å²) in [5.74, 6) is 1.05. The van der Waals surface area contributed by atoms with Crippen LogP contribution in [0.4, 0.5) is 0 Å². The summed E-state index contributed by atoms with van der Waals surface area (Å²) in [6.07, 6.45) is 2.16. The van der Waals surface area contributed by atoms with Gasteiger partial charge in [-0.05, 0) is 41.0 Å². The van der Waals surface area contributed by atoms with Crippen molar-refractivity contribution >= 4 is 5.78 Å². The fraction of sp³-hybridized carbons (Fsp3) is 0.909. The van der Waals surface area contributed by atoms with Gasteiger partial charge in [-0.2, -0.15) is 0 Å². The molecule has 1 fully saturated rings. The molecule has 0 heterocycles. The van der Waals surface area contributed by atoms with Gasteiger partial charge in [0.1, 0.15) is 5.78 Å². The van der Waals surface area contributed by atoms with Crippen LogP contribution >= 0.6 is 0 Å². The number of hydrogen-bond donors (Lipinski definition) is 0. The van der Waals surface area contributed by atoms with E-state index in [2.05, 4.69) is 9.80 Å². The molecule has 98 valence electrons. The van der Waals surface area contributed by atoms with Gasteiger partial charge in [0.05, 0.1) is 0 Å². The van der Waals surface area contributed by atoms with Crippen molar-refractivity contribution in [1.29, 1.82) is 0 Å². The van der Waals surface area contributed by atoms with Crippen molar-refractivity contribution in [3.8, 4) is 0 Å². The first-order valence-electron chi connectivity index (χ1n) is 5.34. The van der Waals surface area contributed by atoms with Crippen LogP contribution in [0.2, 0.25) is 0 Å². The van der Waals surface area contributed by atoms with E-state index >= 15 is 0 Å². The molecule has 1 saturated carbocycles. The van der Waals surface area contributed by atoms with Crippen molar-refractivity contribution < 1.29 is 29.6 Å². The summed E-state index contributed by atoms with van der Waals surface area (Å²) in [7, 11) is 8.14. The van der Waals surface area contributed by atoms with Crippen LogP contribution in [0.1, 0.15) is 12.8 Å². The SMILES string of the molecule is CN(C)CC1CCC(CN(C)C)C1=O.[Cl-].[Cl-]. The Labute approximate surface area is 111 Å². The Kier molecular flexibility index (Phi) is 9.60. The van der Waals surface area contributed by atoms with Crippen LogP contribution in [0.15, 0.2) is 0 Å². The highest BCUT2D eigenvalue weighted by Crippen LogP contribution is 2.27. The van der Waals surface area contributed by atoms with Crippen molar-refractivity contribution in [2.75, 3.05) is 41.3 Å². The van der Waals surface area contributed by atoms with Gasteiger partial charge in [0, 0.05) is 24.9 Å². The standard InChI is InChI=1S/C11H22N2O.2ClH/c1-12(2)7-9-5-6-10(11(9)14)8-13(3)4;;/h9-10H,5-8H2,1-4H3;2*1H/p-2. The molecule has 0 aromatic heterocycles. The molecule has 0 bridgehead atoms. The molecule has 0 amide bonds. The van der Waals surface area contributed by atoms with Crippen LogP contribution in [-0.4, -0.2) is 56.9 Å². The number of halogens is 2. The number of Topliss-reactive ketones (excluding diaryl/α,β-unsaturated/α-hetero) is 1. The van der Waals surface area contributed by atoms with E-state index in [1.165, 1.54) is 0 Å². The van der Waals surface area contributed by atoms with Crippen LogP contribution in [0.25, 0.3) is 0 Å². The summed E-state index contributed by atoms with van der Waals surface area (Å²) in [6, 6.07) is 0. The van der Waals surface area contributed by atoms with Gasteiger partial charge in [-0.3, -0.25) is 4.79 Å². The van der Waals surface area contributed by atoms with E-state index in [0.717, 1.165) is 25.9 Å². The largest absolute Gasteiger partial charge is 1.00 e. The second-order valence-corrected chi connectivity index (χ2v) is 4.90. The smallest absolute Gasteiger partial charge is 0.141 e. The van der Waals surface area contributed by atoms with Crippen LogP contribution in [0.5, 0.6) is 0 Å². The monoisotopic (exact) mass is 268 g/mol. The second-order valence-electron chi connectivity index (χ2n) is 4.90. The van der Waals surface area contributed by atoms with Crippen LogP contribution in [0, 0.1) is 11.8 Å². The summed E-state index contributed by atoms with van der Waals surface area (Å²) < 4.78 is 0. The Morgan fingerprint density at radius 1 is 0.938 bits per heavy atom. The summed E-state index contributed by atoms with van der Waals surface area (Å²) in [5, 5.41) is 0. The maximum Gasteiger partial charge on any atom is 0.141 e. The summed E-state index contributed by atoms with van der Waals surface area (Å²) >= 11 is 0. The lowest BCUT2D eigenvalue weighted by Gasteiger charge is -2.17. The predicted octanol–water partition coefficient (Wildman–Crippen LogP) is -5.29. The number of ketones is 1. The molecule has 16 heavy (non-hydrogen) atoms. The van der Waals surface area contributed by atoms with Crippen molar-refractivity contribution in [3.05, 3.63) is 0 Å². The lowest BCUT2D eigenvalue weighted by atomic mass is 10.0. The third-order valence-corrected chi connectivity index (χ3v) is 2.84. The minimum Gasteiger partial charge on any atom is -1.00 e. The minimum absolute atomic E-state index is 0. The van der Waals surface area contributed by atoms with Gasteiger partial charge in [0.25, 0.3) is 0 Å². The summed E-state index contributed by atoms with van der Waals surface area (Å²) in [5.41, 5.74) is 0. The molecule has 0 spiro atoms. The Morgan fingerprint density at radius 2 is 1.25 bits per heavy atom. The average molecular weight is 269 g/mol. The molecule has 1 rings (SSSR count). The van der Waals surface area contributed by atoms with Crippen LogP contribution in [0.3, 0.4) is 0 Å². The highest BCUT2D eigenvalue weighted by Gasteiger charge is 2.34. The molecule has 1 aliphatic rings. The van der Waals surface area contributed by atoms with Gasteiger partial charge in [-0.25, -0.2) is 0 Å². The lowest BCUT2D eigenvalue weighted by Crippen LogP contribution is -3.00. The molecule has 0 saturated heterocycles. The molecule has 1 aliphatic carbocycles. The molecule has 0 aromatic carbocycles. The molecular formula is C11H22Cl2N2O-2. The molecule has 2 atom stereocenters. The highest BCUT2D eigenvalue weighted by atomic mass is 35.5. The minimum atomic E-state index is 0. The zero-order chi connectivity index (χ0) is 10.7. The molecule has 3 nitrogen and oxygen atoms in total. The number of rotatable bonds is 4. The van der Waals surface area contributed by atoms with Gasteiger partial charge in [0.15, 0.2) is 0 Å². The van der Waals surface area contributed by atoms with Gasteiger partial charge < -0.3 is 34.6 Å². The molecule has 0 aliphatic heterocycles. The van der Waals surface area contributed by atoms with Crippen molar-refractivity contribution in [3.63, 3.8) is 0 Å². The van der Waals surface area contributed by atoms with Gasteiger partial charge in [-0.15, -0.1) is 0 Å². The first-order chi connectivity index (χ1) is 6.50. The Balaban J connectivity index is 0. The van der Waals surface area contributed by atoms with E-state index in [-0.39, 0.29) is 36.6 Å². The first kappa shape index (κ1) is 18.5. The zero-order valence-electron chi connectivity index (χ0n) is 10.5. The van der Waals surface area contributed by atoms with Gasteiger partial charge in [-0.1, -0.05) is 0 Å². The zero-order valence-corrected chi connectivity index (χ0v) is 12.1. The fourth-order valence-electron chi connectivity index (χ4n) is 2.26. The third kappa shape index (κ3) is 5.48. The number of carbonyl (C=O) groups excluding carboxylic acids is 1. The van der Waals surface area contributed by atoms with E-state index in [1.807, 2.05) is 28.2 Å². The van der Waals surface area contributed by atoms with Gasteiger partial charge >= 0.3 is 0 Å². The Morgan fingerprint density at radius 3 is 1.50 bits per heavy atom. The maximum absolute atomic E-state index is 11.9. The van der Waals surface area contributed by atoms with E-state index < -0.39 is 0 Å². The van der Waals surface area contributed by atoms with Crippen molar-refractivity contribution in [2.24, 2.45) is 11.8 Å². The van der Waals surface area contributed by atoms with E-state index in [1.54, 1.807) is 0 Å². The molecule has 0 aromatic rings. The van der Waals surface area contributed by atoms with Crippen LogP contribution in [-0.2, 0) is 4.79 Å². The summed E-state index contributed by atoms with van der Waals surface area (Å²) in [6.45, 7) is 1.84. The Bertz CT molecular complexity index is 190. The number of nitrogens with zero attached hydrogens (tertiary/aromatic N) is 2. The van der Waals surface area contributed by atoms with Crippen molar-refractivity contribution in [1.82, 2.24) is 9.80 Å². The van der Waals surface area contributed by atoms with Gasteiger partial charge in [0.2, 0.25) is 0 Å². The van der Waals surface area contributed by atoms with E-state index in [9.17, 15) is 4.79 Å². The average Bonchev–Trinajstić information content (AvgIpc) is 2.34. The second kappa shape index (κ2) is 8.29. The Hall–Kier alpha value is 0.170. The first-order valence-corrected chi connectivity index (χ1v) is 5.34. The molecule has 2 unspecified atom stereocenters. The lowest BCUT2D eigenvalue weighted by molar-refractivity contribution is -0.124.